The zero-order chi connectivity index (χ0) is 12.8. The summed E-state index contributed by atoms with van der Waals surface area (Å²) in [4.78, 5) is 22.6. The average Bonchev–Trinajstić information content (AvgIpc) is 2.28. The van der Waals surface area contributed by atoms with Crippen LogP contribution < -0.4 is 4.74 Å². The van der Waals surface area contributed by atoms with Gasteiger partial charge >= 0.3 is 5.97 Å². The SMILES string of the molecule is C/C=C/C(=O)Cc1cccc(OC)c1C(=O)O. The van der Waals surface area contributed by atoms with Gasteiger partial charge in [-0.25, -0.2) is 4.79 Å². The number of carboxylic acid groups (broad SMARTS) is 1. The van der Waals surface area contributed by atoms with Gasteiger partial charge in [0.1, 0.15) is 11.3 Å². The fraction of sp³-hybridized carbons (Fsp3) is 0.231. The maximum absolute atomic E-state index is 11.5. The molecule has 0 fully saturated rings. The van der Waals surface area contributed by atoms with Crippen molar-refractivity contribution in [3.05, 3.63) is 41.5 Å². The van der Waals surface area contributed by atoms with Gasteiger partial charge in [-0.15, -0.1) is 0 Å². The second-order valence-electron chi connectivity index (χ2n) is 3.44. The van der Waals surface area contributed by atoms with Crippen LogP contribution in [0, 0.1) is 0 Å². The number of carbonyl (C=O) groups is 2. The van der Waals surface area contributed by atoms with Crippen molar-refractivity contribution in [2.45, 2.75) is 13.3 Å². The van der Waals surface area contributed by atoms with Crippen molar-refractivity contribution in [1.82, 2.24) is 0 Å². The lowest BCUT2D eigenvalue weighted by Gasteiger charge is -2.09. The third kappa shape index (κ3) is 3.17. The Labute approximate surface area is 99.5 Å². The van der Waals surface area contributed by atoms with E-state index in [1.54, 1.807) is 31.2 Å². The van der Waals surface area contributed by atoms with Crippen molar-refractivity contribution in [3.63, 3.8) is 0 Å². The number of carbonyl (C=O) groups excluding carboxylic acids is 1. The highest BCUT2D eigenvalue weighted by Gasteiger charge is 2.17. The van der Waals surface area contributed by atoms with E-state index >= 15 is 0 Å². The summed E-state index contributed by atoms with van der Waals surface area (Å²) < 4.78 is 4.98. The first-order valence-electron chi connectivity index (χ1n) is 5.14. The number of allylic oxidation sites excluding steroid dienone is 2. The predicted octanol–water partition coefficient (Wildman–Crippen LogP) is 2.08. The first kappa shape index (κ1) is 13.0. The fourth-order valence-corrected chi connectivity index (χ4v) is 1.57. The van der Waals surface area contributed by atoms with Crippen molar-refractivity contribution < 1.29 is 19.4 Å². The Morgan fingerprint density at radius 3 is 2.65 bits per heavy atom. The monoisotopic (exact) mass is 234 g/mol. The first-order valence-corrected chi connectivity index (χ1v) is 5.14. The summed E-state index contributed by atoms with van der Waals surface area (Å²) in [5.74, 6) is -0.961. The molecule has 0 aliphatic carbocycles. The molecule has 17 heavy (non-hydrogen) atoms. The summed E-state index contributed by atoms with van der Waals surface area (Å²) in [5.41, 5.74) is 0.507. The van der Waals surface area contributed by atoms with Crippen LogP contribution in [0.4, 0.5) is 0 Å². The van der Waals surface area contributed by atoms with Crippen LogP contribution in [0.2, 0.25) is 0 Å². The van der Waals surface area contributed by atoms with Crippen molar-refractivity contribution >= 4 is 11.8 Å². The van der Waals surface area contributed by atoms with Crippen LogP contribution in [-0.4, -0.2) is 24.0 Å². The van der Waals surface area contributed by atoms with Crippen molar-refractivity contribution in [1.29, 1.82) is 0 Å². The number of aromatic carboxylic acids is 1. The molecule has 0 bridgehead atoms. The van der Waals surface area contributed by atoms with Gasteiger partial charge in [-0.1, -0.05) is 18.2 Å². The molecular formula is C13H14O4. The van der Waals surface area contributed by atoms with E-state index in [9.17, 15) is 9.59 Å². The van der Waals surface area contributed by atoms with Gasteiger partial charge in [0.15, 0.2) is 5.78 Å². The molecule has 4 heteroatoms. The Morgan fingerprint density at radius 2 is 2.12 bits per heavy atom. The van der Waals surface area contributed by atoms with E-state index in [0.29, 0.717) is 5.56 Å². The quantitative estimate of drug-likeness (QED) is 0.792. The molecule has 90 valence electrons. The molecule has 0 saturated carbocycles. The predicted molar refractivity (Wildman–Crippen MR) is 63.5 cm³/mol. The molecule has 0 radical (unpaired) electrons. The number of ketones is 1. The minimum atomic E-state index is -1.09. The molecule has 0 aliphatic rings. The summed E-state index contributed by atoms with van der Waals surface area (Å²) in [5, 5.41) is 9.11. The van der Waals surface area contributed by atoms with E-state index in [-0.39, 0.29) is 23.5 Å². The molecule has 0 aliphatic heterocycles. The summed E-state index contributed by atoms with van der Waals surface area (Å²) >= 11 is 0. The van der Waals surface area contributed by atoms with E-state index < -0.39 is 5.97 Å². The van der Waals surface area contributed by atoms with Gasteiger partial charge < -0.3 is 9.84 Å². The zero-order valence-electron chi connectivity index (χ0n) is 9.77. The van der Waals surface area contributed by atoms with E-state index in [0.717, 1.165) is 0 Å². The van der Waals surface area contributed by atoms with Crippen LogP contribution in [0.25, 0.3) is 0 Å². The molecule has 1 aromatic carbocycles. The van der Waals surface area contributed by atoms with Crippen molar-refractivity contribution in [2.24, 2.45) is 0 Å². The molecule has 4 nitrogen and oxygen atoms in total. The van der Waals surface area contributed by atoms with E-state index in [1.165, 1.54) is 13.2 Å². The maximum atomic E-state index is 11.5. The standard InChI is InChI=1S/C13H14O4/c1-3-5-10(14)8-9-6-4-7-11(17-2)12(9)13(15)16/h3-7H,8H2,1-2H3,(H,15,16)/b5-3+. The second-order valence-corrected chi connectivity index (χ2v) is 3.44. The van der Waals surface area contributed by atoms with Crippen LogP contribution in [0.15, 0.2) is 30.4 Å². The van der Waals surface area contributed by atoms with Gasteiger partial charge in [-0.05, 0) is 24.6 Å². The fourth-order valence-electron chi connectivity index (χ4n) is 1.57. The van der Waals surface area contributed by atoms with E-state index in [4.69, 9.17) is 9.84 Å². The first-order chi connectivity index (χ1) is 8.10. The van der Waals surface area contributed by atoms with Crippen LogP contribution in [0.1, 0.15) is 22.8 Å². The molecule has 0 heterocycles. The third-order valence-corrected chi connectivity index (χ3v) is 2.26. The molecule has 1 N–H and O–H groups in total. The lowest BCUT2D eigenvalue weighted by atomic mass is 10.0. The number of hydrogen-bond acceptors (Lipinski definition) is 3. The Bertz CT molecular complexity index is 460. The third-order valence-electron chi connectivity index (χ3n) is 2.26. The molecule has 1 rings (SSSR count). The lowest BCUT2D eigenvalue weighted by Crippen LogP contribution is -2.08. The highest BCUT2D eigenvalue weighted by atomic mass is 16.5. The van der Waals surface area contributed by atoms with Gasteiger partial charge in [0.2, 0.25) is 0 Å². The molecule has 0 unspecified atom stereocenters. The summed E-state index contributed by atoms with van der Waals surface area (Å²) in [6, 6.07) is 4.85. The van der Waals surface area contributed by atoms with E-state index in [1.807, 2.05) is 0 Å². The largest absolute Gasteiger partial charge is 0.496 e. The highest BCUT2D eigenvalue weighted by Crippen LogP contribution is 2.22. The maximum Gasteiger partial charge on any atom is 0.339 e. The number of carboxylic acids is 1. The molecule has 0 atom stereocenters. The highest BCUT2D eigenvalue weighted by molar-refractivity contribution is 5.97. The average molecular weight is 234 g/mol. The summed E-state index contributed by atoms with van der Waals surface area (Å²) in [6.07, 6.45) is 3.11. The second kappa shape index (κ2) is 5.84. The molecule has 1 aromatic rings. The van der Waals surface area contributed by atoms with Gasteiger partial charge in [-0.3, -0.25) is 4.79 Å². The Morgan fingerprint density at radius 1 is 1.41 bits per heavy atom. The van der Waals surface area contributed by atoms with E-state index in [2.05, 4.69) is 0 Å². The van der Waals surface area contributed by atoms with Gasteiger partial charge in [0.05, 0.1) is 7.11 Å². The topological polar surface area (TPSA) is 63.6 Å². The summed E-state index contributed by atoms with van der Waals surface area (Å²) in [6.45, 7) is 1.74. The van der Waals surface area contributed by atoms with Gasteiger partial charge in [0.25, 0.3) is 0 Å². The number of hydrogen-bond donors (Lipinski definition) is 1. The number of benzene rings is 1. The van der Waals surface area contributed by atoms with Crippen molar-refractivity contribution in [3.8, 4) is 5.75 Å². The molecule has 0 spiro atoms. The van der Waals surface area contributed by atoms with Gasteiger partial charge in [0, 0.05) is 6.42 Å². The Hall–Kier alpha value is -2.10. The van der Waals surface area contributed by atoms with Crippen LogP contribution in [-0.2, 0) is 11.2 Å². The lowest BCUT2D eigenvalue weighted by molar-refractivity contribution is -0.114. The minimum Gasteiger partial charge on any atom is -0.496 e. The normalized spacial score (nSPS) is 10.5. The summed E-state index contributed by atoms with van der Waals surface area (Å²) in [7, 11) is 1.40. The number of ether oxygens (including phenoxy) is 1. The molecular weight excluding hydrogens is 220 g/mol. The van der Waals surface area contributed by atoms with Gasteiger partial charge in [-0.2, -0.15) is 0 Å². The van der Waals surface area contributed by atoms with Crippen LogP contribution >= 0.6 is 0 Å². The smallest absolute Gasteiger partial charge is 0.339 e. The molecule has 0 aromatic heterocycles. The Balaban J connectivity index is 3.14. The molecule has 0 saturated heterocycles. The van der Waals surface area contributed by atoms with Crippen molar-refractivity contribution in [2.75, 3.05) is 7.11 Å². The van der Waals surface area contributed by atoms with Crippen LogP contribution in [0.5, 0.6) is 5.75 Å². The number of methoxy groups -OCH3 is 1. The molecule has 0 amide bonds. The number of rotatable bonds is 5. The minimum absolute atomic E-state index is 0.0489. The Kier molecular flexibility index (Phi) is 4.46. The van der Waals surface area contributed by atoms with Crippen LogP contribution in [0.3, 0.4) is 0 Å². The zero-order valence-corrected chi connectivity index (χ0v) is 9.77.